The number of aryl methyl sites for hydroxylation is 1. The number of piperidine rings is 2. The van der Waals surface area contributed by atoms with Crippen molar-refractivity contribution in [2.75, 3.05) is 44.0 Å². The molecular weight excluding hydrogens is 750 g/mol. The number of ether oxygens (including phenoxy) is 1. The zero-order valence-electron chi connectivity index (χ0n) is 31.1. The first-order valence-corrected chi connectivity index (χ1v) is 19.4. The van der Waals surface area contributed by atoms with Crippen LogP contribution < -0.4 is 26.0 Å². The minimum absolute atomic E-state index is 0.194. The summed E-state index contributed by atoms with van der Waals surface area (Å²) >= 11 is 1.55. The van der Waals surface area contributed by atoms with Crippen molar-refractivity contribution in [1.82, 2.24) is 29.3 Å². The van der Waals surface area contributed by atoms with Gasteiger partial charge in [-0.25, -0.2) is 14.8 Å². The molecular formula is C39H41F3N8O5S. The molecule has 3 amide bonds. The van der Waals surface area contributed by atoms with Gasteiger partial charge in [-0.2, -0.15) is 13.2 Å². The lowest BCUT2D eigenvalue weighted by atomic mass is 9.75. The maximum atomic E-state index is 13.4. The molecule has 13 nitrogen and oxygen atoms in total. The number of benzene rings is 2. The summed E-state index contributed by atoms with van der Waals surface area (Å²) in [5, 5.41) is 6.04. The first-order chi connectivity index (χ1) is 26.8. The summed E-state index contributed by atoms with van der Waals surface area (Å²) in [6.07, 6.45) is -0.240. The van der Waals surface area contributed by atoms with Gasteiger partial charge in [0.1, 0.15) is 23.2 Å². The van der Waals surface area contributed by atoms with Crippen LogP contribution in [0.15, 0.2) is 53.3 Å². The Morgan fingerprint density at radius 2 is 1.80 bits per heavy atom. The van der Waals surface area contributed by atoms with Crippen molar-refractivity contribution in [2.45, 2.75) is 62.7 Å². The molecule has 2 aromatic carbocycles. The molecule has 1 unspecified atom stereocenters. The van der Waals surface area contributed by atoms with Crippen LogP contribution in [-0.4, -0.2) is 81.6 Å². The molecule has 8 rings (SSSR count). The van der Waals surface area contributed by atoms with Crippen LogP contribution in [0.3, 0.4) is 0 Å². The smallest absolute Gasteiger partial charge is 0.433 e. The van der Waals surface area contributed by atoms with E-state index in [0.29, 0.717) is 41.3 Å². The van der Waals surface area contributed by atoms with Crippen molar-refractivity contribution >= 4 is 61.7 Å². The third kappa shape index (κ3) is 7.02. The molecule has 2 aliphatic heterocycles. The molecule has 1 atom stereocenters. The Bertz CT molecular complexity index is 2410. The number of nitrogens with one attached hydrogen (secondary N) is 2. The van der Waals surface area contributed by atoms with E-state index in [-0.39, 0.29) is 23.7 Å². The molecule has 0 bridgehead atoms. The minimum Gasteiger partial charge on any atom is -0.494 e. The Morgan fingerprint density at radius 3 is 2.52 bits per heavy atom. The molecule has 3 fully saturated rings. The molecule has 1 aliphatic carbocycles. The van der Waals surface area contributed by atoms with Crippen LogP contribution in [0.25, 0.3) is 21.3 Å². The van der Waals surface area contributed by atoms with Crippen molar-refractivity contribution in [2.24, 2.45) is 13.0 Å². The normalized spacial score (nSPS) is 20.8. The largest absolute Gasteiger partial charge is 0.494 e. The average Bonchev–Trinajstić information content (AvgIpc) is 3.68. The van der Waals surface area contributed by atoms with Gasteiger partial charge in [-0.05, 0) is 75.4 Å². The Labute approximate surface area is 323 Å². The topological polar surface area (TPSA) is 144 Å². The Balaban J connectivity index is 0.875. The zero-order chi connectivity index (χ0) is 39.5. The van der Waals surface area contributed by atoms with E-state index in [1.807, 2.05) is 18.2 Å². The van der Waals surface area contributed by atoms with Gasteiger partial charge in [0.15, 0.2) is 0 Å². The van der Waals surface area contributed by atoms with Gasteiger partial charge in [0, 0.05) is 51.1 Å². The number of fused-ring (bicyclic) bond motifs is 2. The van der Waals surface area contributed by atoms with Gasteiger partial charge in [-0.15, -0.1) is 11.3 Å². The highest BCUT2D eigenvalue weighted by atomic mass is 32.1. The number of carbonyl (C=O) groups excluding carboxylic acids is 3. The van der Waals surface area contributed by atoms with Crippen molar-refractivity contribution in [3.05, 3.63) is 75.4 Å². The molecule has 3 aromatic heterocycles. The third-order valence-electron chi connectivity index (χ3n) is 11.4. The summed E-state index contributed by atoms with van der Waals surface area (Å²) in [7, 11) is 5.38. The molecule has 0 radical (unpaired) electrons. The molecule has 17 heteroatoms. The highest BCUT2D eigenvalue weighted by molar-refractivity contribution is 7.18. The maximum absolute atomic E-state index is 13.4. The second kappa shape index (κ2) is 14.7. The fourth-order valence-corrected chi connectivity index (χ4v) is 9.53. The number of halogens is 3. The SMILES string of the molecule is COc1cc2nc(C3CC(CN(C)C4CCN(c5cccc6c5n(C)c(=O)n6C5CCC(=O)NC5=O)CC4)C3)sc2cc1NC(=O)c1cccc(C(F)(F)F)n1. The number of thiazole rings is 1. The number of hydrogen-bond acceptors (Lipinski definition) is 10. The van der Waals surface area contributed by atoms with E-state index in [2.05, 4.69) is 32.5 Å². The Kier molecular flexibility index (Phi) is 9.85. The van der Waals surface area contributed by atoms with E-state index in [1.54, 1.807) is 35.1 Å². The number of aromatic nitrogens is 4. The second-order valence-corrected chi connectivity index (χ2v) is 16.0. The molecule has 3 aliphatic rings. The number of pyridine rings is 1. The van der Waals surface area contributed by atoms with E-state index in [0.717, 1.165) is 83.9 Å². The average molecular weight is 791 g/mol. The van der Waals surface area contributed by atoms with E-state index < -0.39 is 29.7 Å². The number of anilines is 2. The van der Waals surface area contributed by atoms with Crippen LogP contribution in [0.5, 0.6) is 5.75 Å². The summed E-state index contributed by atoms with van der Waals surface area (Å²) in [6.45, 7) is 2.62. The van der Waals surface area contributed by atoms with Crippen LogP contribution in [0.4, 0.5) is 24.5 Å². The van der Waals surface area contributed by atoms with Gasteiger partial charge in [-0.1, -0.05) is 12.1 Å². The quantitative estimate of drug-likeness (QED) is 0.180. The van der Waals surface area contributed by atoms with Crippen molar-refractivity contribution in [1.29, 1.82) is 0 Å². The fraction of sp³-hybridized carbons (Fsp3) is 0.436. The third-order valence-corrected chi connectivity index (χ3v) is 12.6. The van der Waals surface area contributed by atoms with Crippen molar-refractivity contribution < 1.29 is 32.3 Å². The predicted octanol–water partition coefficient (Wildman–Crippen LogP) is 5.70. The summed E-state index contributed by atoms with van der Waals surface area (Å²) in [6, 6.07) is 12.2. The first kappa shape index (κ1) is 37.6. The molecule has 2 saturated heterocycles. The summed E-state index contributed by atoms with van der Waals surface area (Å²) in [5.74, 6) is -0.358. The van der Waals surface area contributed by atoms with Crippen molar-refractivity contribution in [3.63, 3.8) is 0 Å². The van der Waals surface area contributed by atoms with E-state index in [4.69, 9.17) is 9.72 Å². The zero-order valence-corrected chi connectivity index (χ0v) is 31.9. The number of methoxy groups -OCH3 is 1. The number of nitrogens with zero attached hydrogens (tertiary/aromatic N) is 6. The second-order valence-electron chi connectivity index (χ2n) is 14.9. The van der Waals surface area contributed by atoms with Gasteiger partial charge in [-0.3, -0.25) is 28.8 Å². The number of hydrogen-bond donors (Lipinski definition) is 2. The Hall–Kier alpha value is -5.29. The lowest BCUT2D eigenvalue weighted by molar-refractivity contribution is -0.141. The first-order valence-electron chi connectivity index (χ1n) is 18.6. The highest BCUT2D eigenvalue weighted by Crippen LogP contribution is 2.46. The van der Waals surface area contributed by atoms with Gasteiger partial charge in [0.05, 0.1) is 44.7 Å². The number of amides is 3. The number of imidazole rings is 1. The highest BCUT2D eigenvalue weighted by Gasteiger charge is 2.37. The molecule has 1 saturated carbocycles. The minimum atomic E-state index is -4.67. The van der Waals surface area contributed by atoms with Crippen molar-refractivity contribution in [3.8, 4) is 5.75 Å². The van der Waals surface area contributed by atoms with E-state index in [1.165, 1.54) is 17.7 Å². The fourth-order valence-electron chi connectivity index (χ4n) is 8.41. The van der Waals surface area contributed by atoms with Gasteiger partial charge in [0.2, 0.25) is 11.8 Å². The van der Waals surface area contributed by atoms with Crippen LogP contribution in [0.2, 0.25) is 0 Å². The molecule has 2 N–H and O–H groups in total. The monoisotopic (exact) mass is 790 g/mol. The molecule has 5 aromatic rings. The predicted molar refractivity (Wildman–Crippen MR) is 205 cm³/mol. The van der Waals surface area contributed by atoms with Crippen LogP contribution in [-0.2, 0) is 22.8 Å². The number of carbonyl (C=O) groups is 3. The van der Waals surface area contributed by atoms with Crippen LogP contribution in [0, 0.1) is 5.92 Å². The standard InChI is InChI=1S/C39H41F3N8O5S/c1-47(23-12-14-49(15-13-23)27-7-5-8-28-34(27)48(2)38(54)50(28)29-10-11-33(51)46-36(29)53)20-21-16-22(17-21)37-45-26-18-30(55-3)25(19-31(26)56-37)44-35(52)24-6-4-9-32(43-24)39(40,41)42/h4-9,18-19,21-23,29H,10-17,20H2,1-3H3,(H,44,52)(H,46,51,53). The van der Waals surface area contributed by atoms with Gasteiger partial charge in [0.25, 0.3) is 5.91 Å². The van der Waals surface area contributed by atoms with Gasteiger partial charge < -0.3 is 19.9 Å². The lowest BCUT2D eigenvalue weighted by Crippen LogP contribution is -2.46. The molecule has 56 heavy (non-hydrogen) atoms. The molecule has 5 heterocycles. The van der Waals surface area contributed by atoms with E-state index >= 15 is 0 Å². The van der Waals surface area contributed by atoms with E-state index in [9.17, 15) is 32.3 Å². The molecule has 0 spiro atoms. The molecule has 294 valence electrons. The van der Waals surface area contributed by atoms with Crippen LogP contribution >= 0.6 is 11.3 Å². The maximum Gasteiger partial charge on any atom is 0.433 e. The summed E-state index contributed by atoms with van der Waals surface area (Å²) in [4.78, 5) is 63.9. The summed E-state index contributed by atoms with van der Waals surface area (Å²) < 4.78 is 49.0. The Morgan fingerprint density at radius 1 is 1.05 bits per heavy atom. The number of rotatable bonds is 9. The van der Waals surface area contributed by atoms with Gasteiger partial charge >= 0.3 is 11.9 Å². The number of imide groups is 1. The summed E-state index contributed by atoms with van der Waals surface area (Å²) in [5.41, 5.74) is 1.73. The number of para-hydroxylation sites is 1. The lowest BCUT2D eigenvalue weighted by Gasteiger charge is -2.42. The number of alkyl halides is 3. The van der Waals surface area contributed by atoms with Crippen LogP contribution in [0.1, 0.15) is 71.7 Å².